The summed E-state index contributed by atoms with van der Waals surface area (Å²) in [7, 11) is 1.76. The highest BCUT2D eigenvalue weighted by atomic mass is 16.1. The molecule has 0 bridgehead atoms. The molecule has 0 atom stereocenters. The molecule has 0 saturated carbocycles. The summed E-state index contributed by atoms with van der Waals surface area (Å²) in [5.74, 6) is 1.39. The zero-order valence-electron chi connectivity index (χ0n) is 9.53. The summed E-state index contributed by atoms with van der Waals surface area (Å²) in [6.45, 7) is 5.42. The van der Waals surface area contributed by atoms with E-state index in [2.05, 4.69) is 29.2 Å². The molecule has 5 heteroatoms. The van der Waals surface area contributed by atoms with Gasteiger partial charge < -0.3 is 5.32 Å². The summed E-state index contributed by atoms with van der Waals surface area (Å²) in [6, 6.07) is 0. The minimum Gasteiger partial charge on any atom is -0.313 e. The van der Waals surface area contributed by atoms with E-state index in [1.54, 1.807) is 11.7 Å². The fourth-order valence-electron chi connectivity index (χ4n) is 1.36. The number of Topliss-reactive ketones (excluding diaryl/α,β-unsaturated/α-hetero) is 1. The average molecular weight is 210 g/mol. The number of carbonyl (C=O) groups excluding carboxylic acids is 1. The third kappa shape index (κ3) is 3.79. The molecule has 0 aliphatic carbocycles. The average Bonchev–Trinajstić information content (AvgIpc) is 2.52. The molecular formula is C10H18N4O. The molecule has 1 N–H and O–H groups in total. The van der Waals surface area contributed by atoms with Crippen LogP contribution in [0.5, 0.6) is 0 Å². The maximum Gasteiger partial charge on any atom is 0.154 e. The van der Waals surface area contributed by atoms with Crippen molar-refractivity contribution < 1.29 is 4.79 Å². The fourth-order valence-corrected chi connectivity index (χ4v) is 1.36. The van der Waals surface area contributed by atoms with E-state index in [1.807, 2.05) is 0 Å². The van der Waals surface area contributed by atoms with Gasteiger partial charge in [0.2, 0.25) is 0 Å². The molecule has 1 heterocycles. The van der Waals surface area contributed by atoms with E-state index < -0.39 is 0 Å². The normalized spacial score (nSPS) is 10.9. The van der Waals surface area contributed by atoms with Gasteiger partial charge in [0.1, 0.15) is 12.2 Å². The lowest BCUT2D eigenvalue weighted by Crippen LogP contribution is -2.22. The summed E-state index contributed by atoms with van der Waals surface area (Å²) in [5, 5.41) is 6.94. The van der Waals surface area contributed by atoms with Crippen LogP contribution < -0.4 is 5.32 Å². The minimum absolute atomic E-state index is 0.135. The minimum atomic E-state index is 0.135. The molecule has 0 aromatic carbocycles. The molecule has 0 aliphatic heterocycles. The summed E-state index contributed by atoms with van der Waals surface area (Å²) < 4.78 is 1.80. The van der Waals surface area contributed by atoms with Crippen LogP contribution in [0.2, 0.25) is 0 Å². The van der Waals surface area contributed by atoms with Crippen LogP contribution in [0.3, 0.4) is 0 Å². The Labute approximate surface area is 89.9 Å². The summed E-state index contributed by atoms with van der Waals surface area (Å²) in [4.78, 5) is 15.5. The Kier molecular flexibility index (Phi) is 4.42. The van der Waals surface area contributed by atoms with Crippen molar-refractivity contribution in [3.8, 4) is 0 Å². The van der Waals surface area contributed by atoms with E-state index in [9.17, 15) is 4.79 Å². The number of rotatable bonds is 6. The van der Waals surface area contributed by atoms with Gasteiger partial charge in [-0.2, -0.15) is 5.10 Å². The number of hydrogen-bond donors (Lipinski definition) is 1. The second-order valence-electron chi connectivity index (χ2n) is 4.00. The van der Waals surface area contributed by atoms with Gasteiger partial charge in [0, 0.05) is 6.54 Å². The predicted molar refractivity (Wildman–Crippen MR) is 57.5 cm³/mol. The number of ketones is 1. The summed E-state index contributed by atoms with van der Waals surface area (Å²) in [6.07, 6.45) is 1.86. The zero-order valence-corrected chi connectivity index (χ0v) is 9.53. The maximum atomic E-state index is 11.4. The van der Waals surface area contributed by atoms with Crippen molar-refractivity contribution in [3.05, 3.63) is 12.2 Å². The van der Waals surface area contributed by atoms with Gasteiger partial charge in [-0.05, 0) is 13.0 Å². The lowest BCUT2D eigenvalue weighted by atomic mass is 10.2. The van der Waals surface area contributed by atoms with Crippen molar-refractivity contribution in [2.45, 2.75) is 26.8 Å². The molecule has 84 valence electrons. The second-order valence-corrected chi connectivity index (χ2v) is 4.00. The van der Waals surface area contributed by atoms with Crippen molar-refractivity contribution in [2.75, 3.05) is 13.6 Å². The van der Waals surface area contributed by atoms with Crippen LogP contribution in [0.4, 0.5) is 0 Å². The molecule has 0 saturated heterocycles. The summed E-state index contributed by atoms with van der Waals surface area (Å²) in [5.41, 5.74) is 0. The van der Waals surface area contributed by atoms with E-state index >= 15 is 0 Å². The van der Waals surface area contributed by atoms with Crippen molar-refractivity contribution in [1.82, 2.24) is 20.1 Å². The Balaban J connectivity index is 2.60. The van der Waals surface area contributed by atoms with Crippen LogP contribution in [-0.4, -0.2) is 34.1 Å². The van der Waals surface area contributed by atoms with Crippen molar-refractivity contribution >= 4 is 5.78 Å². The summed E-state index contributed by atoms with van der Waals surface area (Å²) >= 11 is 0. The van der Waals surface area contributed by atoms with E-state index in [-0.39, 0.29) is 5.78 Å². The molecule has 0 unspecified atom stereocenters. The lowest BCUT2D eigenvalue weighted by molar-refractivity contribution is -0.117. The molecule has 1 aromatic rings. The quantitative estimate of drug-likeness (QED) is 0.732. The van der Waals surface area contributed by atoms with Crippen LogP contribution in [0.15, 0.2) is 6.33 Å². The highest BCUT2D eigenvalue weighted by Crippen LogP contribution is 2.02. The maximum absolute atomic E-state index is 11.4. The molecule has 0 amide bonds. The van der Waals surface area contributed by atoms with E-state index in [0.29, 0.717) is 18.9 Å². The zero-order chi connectivity index (χ0) is 11.3. The number of carbonyl (C=O) groups is 1. The second kappa shape index (κ2) is 5.60. The molecule has 0 radical (unpaired) electrons. The Morgan fingerprint density at radius 1 is 1.60 bits per heavy atom. The number of likely N-dealkylation sites (N-methyl/N-ethyl adjacent to an activating group) is 1. The Morgan fingerprint density at radius 2 is 2.33 bits per heavy atom. The van der Waals surface area contributed by atoms with E-state index in [0.717, 1.165) is 12.4 Å². The number of nitrogens with zero attached hydrogens (tertiary/aromatic N) is 3. The topological polar surface area (TPSA) is 59.8 Å². The first-order valence-corrected chi connectivity index (χ1v) is 5.16. The monoisotopic (exact) mass is 210 g/mol. The van der Waals surface area contributed by atoms with Gasteiger partial charge in [-0.15, -0.1) is 0 Å². The van der Waals surface area contributed by atoms with E-state index in [4.69, 9.17) is 0 Å². The largest absolute Gasteiger partial charge is 0.313 e. The first-order chi connectivity index (χ1) is 7.13. The highest BCUT2D eigenvalue weighted by molar-refractivity contribution is 5.82. The number of aromatic nitrogens is 3. The standard InChI is InChI=1S/C10H18N4O/c1-8(2)6-14-10(12-7-13-14)4-9(15)5-11-3/h7-8,11H,4-6H2,1-3H3. The van der Waals surface area contributed by atoms with Crippen LogP contribution in [0.1, 0.15) is 19.7 Å². The van der Waals surface area contributed by atoms with Gasteiger partial charge in [-0.25, -0.2) is 9.67 Å². The smallest absolute Gasteiger partial charge is 0.154 e. The van der Waals surface area contributed by atoms with Crippen molar-refractivity contribution in [2.24, 2.45) is 5.92 Å². The SMILES string of the molecule is CNCC(=O)Cc1ncnn1CC(C)C. The van der Waals surface area contributed by atoms with Crippen molar-refractivity contribution in [1.29, 1.82) is 0 Å². The third-order valence-corrected chi connectivity index (χ3v) is 1.96. The van der Waals surface area contributed by atoms with Gasteiger partial charge >= 0.3 is 0 Å². The van der Waals surface area contributed by atoms with Gasteiger partial charge in [0.25, 0.3) is 0 Å². The Morgan fingerprint density at radius 3 is 2.93 bits per heavy atom. The highest BCUT2D eigenvalue weighted by Gasteiger charge is 2.10. The first kappa shape index (κ1) is 11.8. The number of nitrogens with one attached hydrogen (secondary N) is 1. The van der Waals surface area contributed by atoms with Crippen molar-refractivity contribution in [3.63, 3.8) is 0 Å². The van der Waals surface area contributed by atoms with Gasteiger partial charge in [0.15, 0.2) is 5.78 Å². The van der Waals surface area contributed by atoms with Crippen LogP contribution in [-0.2, 0) is 17.8 Å². The molecule has 0 fully saturated rings. The lowest BCUT2D eigenvalue weighted by Gasteiger charge is -2.07. The van der Waals surface area contributed by atoms with Crippen LogP contribution in [0.25, 0.3) is 0 Å². The predicted octanol–water partition coefficient (Wildman–Crippen LogP) is 0.265. The van der Waals surface area contributed by atoms with Gasteiger partial charge in [-0.3, -0.25) is 4.79 Å². The molecular weight excluding hydrogens is 192 g/mol. The number of hydrogen-bond acceptors (Lipinski definition) is 4. The molecule has 1 rings (SSSR count). The third-order valence-electron chi connectivity index (χ3n) is 1.96. The molecule has 5 nitrogen and oxygen atoms in total. The van der Waals surface area contributed by atoms with Crippen LogP contribution >= 0.6 is 0 Å². The van der Waals surface area contributed by atoms with Gasteiger partial charge in [0.05, 0.1) is 13.0 Å². The Hall–Kier alpha value is -1.23. The van der Waals surface area contributed by atoms with E-state index in [1.165, 1.54) is 6.33 Å². The first-order valence-electron chi connectivity index (χ1n) is 5.16. The molecule has 15 heavy (non-hydrogen) atoms. The van der Waals surface area contributed by atoms with Gasteiger partial charge in [-0.1, -0.05) is 13.8 Å². The molecule has 1 aromatic heterocycles. The van der Waals surface area contributed by atoms with Crippen LogP contribution in [0, 0.1) is 5.92 Å². The molecule has 0 aliphatic rings. The molecule has 0 spiro atoms. The fraction of sp³-hybridized carbons (Fsp3) is 0.700. The Bertz CT molecular complexity index is 319.